The Bertz CT molecular complexity index is 1170. The number of phenolic OH excluding ortho intramolecular Hbond substituents is 1. The third kappa shape index (κ3) is 4.87. The van der Waals surface area contributed by atoms with Crippen LogP contribution in [-0.2, 0) is 5.75 Å². The van der Waals surface area contributed by atoms with Crippen LogP contribution in [0.15, 0.2) is 82.2 Å². The molecular formula is C23H19N3O2S2. The van der Waals surface area contributed by atoms with Crippen LogP contribution in [0, 0.1) is 0 Å². The highest BCUT2D eigenvalue weighted by Gasteiger charge is 2.07. The van der Waals surface area contributed by atoms with E-state index in [1.165, 1.54) is 4.70 Å². The van der Waals surface area contributed by atoms with Gasteiger partial charge in [-0.3, -0.25) is 4.79 Å². The highest BCUT2D eigenvalue weighted by Crippen LogP contribution is 2.31. The summed E-state index contributed by atoms with van der Waals surface area (Å²) in [4.78, 5) is 17.0. The number of rotatable bonds is 6. The molecule has 0 aliphatic rings. The number of hydrazone groups is 1. The molecule has 30 heavy (non-hydrogen) atoms. The van der Waals surface area contributed by atoms with E-state index in [1.54, 1.807) is 66.4 Å². The first-order chi connectivity index (χ1) is 14.6. The molecule has 2 N–H and O–H groups in total. The topological polar surface area (TPSA) is 74.6 Å². The van der Waals surface area contributed by atoms with Crippen molar-refractivity contribution in [1.82, 2.24) is 10.4 Å². The summed E-state index contributed by atoms with van der Waals surface area (Å²) in [6, 6.07) is 22.3. The van der Waals surface area contributed by atoms with Gasteiger partial charge in [0, 0.05) is 11.3 Å². The molecular weight excluding hydrogens is 414 g/mol. The SMILES string of the molecule is C/C(=N/NC(=O)c1ccc(CSc2nc3ccccc3s2)cc1)c1ccc(O)cc1. The number of carbonyl (C=O) groups is 1. The number of nitrogens with one attached hydrogen (secondary N) is 1. The van der Waals surface area contributed by atoms with Gasteiger partial charge in [0.1, 0.15) is 5.75 Å². The van der Waals surface area contributed by atoms with Gasteiger partial charge in [0.25, 0.3) is 5.91 Å². The first-order valence-corrected chi connectivity index (χ1v) is 11.1. The Balaban J connectivity index is 1.34. The van der Waals surface area contributed by atoms with Gasteiger partial charge in [-0.15, -0.1) is 11.3 Å². The zero-order valence-electron chi connectivity index (χ0n) is 16.2. The molecule has 0 atom stereocenters. The minimum absolute atomic E-state index is 0.192. The maximum Gasteiger partial charge on any atom is 0.271 e. The smallest absolute Gasteiger partial charge is 0.271 e. The van der Waals surface area contributed by atoms with Crippen molar-refractivity contribution in [3.05, 3.63) is 89.5 Å². The van der Waals surface area contributed by atoms with Gasteiger partial charge >= 0.3 is 0 Å². The lowest BCUT2D eigenvalue weighted by Crippen LogP contribution is -2.19. The van der Waals surface area contributed by atoms with Crippen LogP contribution in [0.5, 0.6) is 5.75 Å². The minimum atomic E-state index is -0.265. The fourth-order valence-electron chi connectivity index (χ4n) is 2.78. The number of thioether (sulfide) groups is 1. The van der Waals surface area contributed by atoms with Crippen molar-refractivity contribution in [2.24, 2.45) is 5.10 Å². The van der Waals surface area contributed by atoms with Gasteiger partial charge < -0.3 is 5.11 Å². The molecule has 150 valence electrons. The number of hydrogen-bond donors (Lipinski definition) is 2. The van der Waals surface area contributed by atoms with Crippen LogP contribution < -0.4 is 5.43 Å². The Kier molecular flexibility index (Phi) is 6.11. The summed E-state index contributed by atoms with van der Waals surface area (Å²) in [5, 5.41) is 13.5. The molecule has 4 rings (SSSR count). The second-order valence-electron chi connectivity index (χ2n) is 6.62. The fourth-order valence-corrected chi connectivity index (χ4v) is 4.80. The second-order valence-corrected chi connectivity index (χ2v) is 8.87. The molecule has 7 heteroatoms. The monoisotopic (exact) mass is 433 g/mol. The molecule has 3 aromatic carbocycles. The molecule has 0 unspecified atom stereocenters. The molecule has 0 bridgehead atoms. The van der Waals surface area contributed by atoms with Crippen LogP contribution in [0.4, 0.5) is 0 Å². The number of nitrogens with zero attached hydrogens (tertiary/aromatic N) is 2. The lowest BCUT2D eigenvalue weighted by Gasteiger charge is -2.05. The van der Waals surface area contributed by atoms with Crippen LogP contribution in [0.3, 0.4) is 0 Å². The van der Waals surface area contributed by atoms with E-state index in [1.807, 2.05) is 30.3 Å². The zero-order valence-corrected chi connectivity index (χ0v) is 17.8. The van der Waals surface area contributed by atoms with E-state index in [0.29, 0.717) is 11.3 Å². The third-order valence-corrected chi connectivity index (χ3v) is 6.71. The molecule has 0 aliphatic carbocycles. The number of phenols is 1. The lowest BCUT2D eigenvalue weighted by molar-refractivity contribution is 0.0955. The molecule has 0 fully saturated rings. The van der Waals surface area contributed by atoms with E-state index < -0.39 is 0 Å². The Labute approximate surface area is 182 Å². The molecule has 1 aromatic heterocycles. The Morgan fingerprint density at radius 2 is 1.73 bits per heavy atom. The highest BCUT2D eigenvalue weighted by atomic mass is 32.2. The first kappa shape index (κ1) is 20.1. The van der Waals surface area contributed by atoms with Gasteiger partial charge in [0.2, 0.25) is 0 Å². The number of hydrogen-bond acceptors (Lipinski definition) is 6. The number of benzene rings is 3. The standard InChI is InChI=1S/C23H19N3O2S2/c1-15(17-10-12-19(27)13-11-17)25-26-22(28)18-8-6-16(7-9-18)14-29-23-24-20-4-2-3-5-21(20)30-23/h2-13,27H,14H2,1H3,(H,26,28)/b25-15-. The Morgan fingerprint density at radius 3 is 2.47 bits per heavy atom. The van der Waals surface area contributed by atoms with Crippen molar-refractivity contribution in [1.29, 1.82) is 0 Å². The van der Waals surface area contributed by atoms with E-state index in [2.05, 4.69) is 21.6 Å². The Hall–Kier alpha value is -3.16. The molecule has 1 heterocycles. The molecule has 4 aromatic rings. The van der Waals surface area contributed by atoms with E-state index in [9.17, 15) is 9.90 Å². The highest BCUT2D eigenvalue weighted by molar-refractivity contribution is 8.00. The average Bonchev–Trinajstić information content (AvgIpc) is 3.20. The summed E-state index contributed by atoms with van der Waals surface area (Å²) in [5.74, 6) is 0.718. The van der Waals surface area contributed by atoms with Gasteiger partial charge in [0.05, 0.1) is 15.9 Å². The summed E-state index contributed by atoms with van der Waals surface area (Å²) >= 11 is 3.39. The molecule has 0 radical (unpaired) electrons. The number of aromatic hydroxyl groups is 1. The third-order valence-electron chi connectivity index (χ3n) is 4.46. The van der Waals surface area contributed by atoms with Crippen LogP contribution in [0.25, 0.3) is 10.2 Å². The maximum atomic E-state index is 12.4. The molecule has 0 saturated carbocycles. The normalized spacial score (nSPS) is 11.6. The van der Waals surface area contributed by atoms with Gasteiger partial charge in [-0.1, -0.05) is 36.0 Å². The van der Waals surface area contributed by atoms with Gasteiger partial charge in [0.15, 0.2) is 4.34 Å². The van der Waals surface area contributed by atoms with E-state index >= 15 is 0 Å². The summed E-state index contributed by atoms with van der Waals surface area (Å²) < 4.78 is 2.23. The molecule has 1 amide bonds. The van der Waals surface area contributed by atoms with E-state index in [-0.39, 0.29) is 11.7 Å². The number of thiazole rings is 1. The number of carbonyl (C=O) groups excluding carboxylic acids is 1. The zero-order chi connectivity index (χ0) is 20.9. The van der Waals surface area contributed by atoms with Crippen molar-refractivity contribution < 1.29 is 9.90 Å². The number of amides is 1. The fraction of sp³-hybridized carbons (Fsp3) is 0.0870. The van der Waals surface area contributed by atoms with Crippen LogP contribution >= 0.6 is 23.1 Å². The molecule has 0 aliphatic heterocycles. The van der Waals surface area contributed by atoms with Crippen molar-refractivity contribution in [2.75, 3.05) is 0 Å². The second kappa shape index (κ2) is 9.11. The van der Waals surface area contributed by atoms with Crippen molar-refractivity contribution >= 4 is 44.9 Å². The summed E-state index contributed by atoms with van der Waals surface area (Å²) in [7, 11) is 0. The summed E-state index contributed by atoms with van der Waals surface area (Å²) in [5.41, 5.74) is 6.77. The van der Waals surface area contributed by atoms with Crippen molar-refractivity contribution in [3.8, 4) is 5.75 Å². The van der Waals surface area contributed by atoms with Crippen LogP contribution in [-0.4, -0.2) is 21.7 Å². The van der Waals surface area contributed by atoms with Gasteiger partial charge in [-0.05, 0) is 66.6 Å². The largest absolute Gasteiger partial charge is 0.508 e. The number of para-hydroxylation sites is 1. The van der Waals surface area contributed by atoms with Gasteiger partial charge in [-0.25, -0.2) is 10.4 Å². The minimum Gasteiger partial charge on any atom is -0.508 e. The average molecular weight is 434 g/mol. The summed E-state index contributed by atoms with van der Waals surface area (Å²) in [6.07, 6.45) is 0. The van der Waals surface area contributed by atoms with Crippen LogP contribution in [0.2, 0.25) is 0 Å². The number of fused-ring (bicyclic) bond motifs is 1. The van der Waals surface area contributed by atoms with E-state index in [4.69, 9.17) is 0 Å². The van der Waals surface area contributed by atoms with Gasteiger partial charge in [-0.2, -0.15) is 5.10 Å². The predicted molar refractivity (Wildman–Crippen MR) is 123 cm³/mol. The quantitative estimate of drug-likeness (QED) is 0.241. The number of aromatic nitrogens is 1. The first-order valence-electron chi connectivity index (χ1n) is 9.30. The molecule has 0 spiro atoms. The Morgan fingerprint density at radius 1 is 1.03 bits per heavy atom. The predicted octanol–water partition coefficient (Wildman–Crippen LogP) is 5.45. The maximum absolute atomic E-state index is 12.4. The molecule has 5 nitrogen and oxygen atoms in total. The van der Waals surface area contributed by atoms with E-state index in [0.717, 1.165) is 26.7 Å². The van der Waals surface area contributed by atoms with Crippen molar-refractivity contribution in [3.63, 3.8) is 0 Å². The van der Waals surface area contributed by atoms with Crippen LogP contribution in [0.1, 0.15) is 28.4 Å². The molecule has 0 saturated heterocycles. The summed E-state index contributed by atoms with van der Waals surface area (Å²) in [6.45, 7) is 1.80. The van der Waals surface area contributed by atoms with Crippen molar-refractivity contribution in [2.45, 2.75) is 17.0 Å². The lowest BCUT2D eigenvalue weighted by atomic mass is 10.1.